The SMILES string of the molecule is CCNC(COC(C)CC(C)C)c1ccc(OC)cc1. The van der Waals surface area contributed by atoms with E-state index in [1.807, 2.05) is 12.1 Å². The van der Waals surface area contributed by atoms with Crippen LogP contribution < -0.4 is 10.1 Å². The lowest BCUT2D eigenvalue weighted by Crippen LogP contribution is -2.27. The lowest BCUT2D eigenvalue weighted by molar-refractivity contribution is 0.0373. The van der Waals surface area contributed by atoms with E-state index in [4.69, 9.17) is 9.47 Å². The molecule has 3 heteroatoms. The van der Waals surface area contributed by atoms with Crippen LogP contribution in [0.1, 0.15) is 45.7 Å². The molecule has 1 N–H and O–H groups in total. The van der Waals surface area contributed by atoms with E-state index < -0.39 is 0 Å². The number of nitrogens with one attached hydrogen (secondary N) is 1. The zero-order chi connectivity index (χ0) is 15.0. The second-order valence-corrected chi connectivity index (χ2v) is 5.66. The first-order valence-corrected chi connectivity index (χ1v) is 7.55. The van der Waals surface area contributed by atoms with Crippen molar-refractivity contribution in [2.45, 2.75) is 46.3 Å². The fourth-order valence-electron chi connectivity index (χ4n) is 2.35. The Hall–Kier alpha value is -1.06. The molecule has 0 bridgehead atoms. The summed E-state index contributed by atoms with van der Waals surface area (Å²) in [5.74, 6) is 1.56. The third kappa shape index (κ3) is 5.93. The van der Waals surface area contributed by atoms with Gasteiger partial charge in [0.25, 0.3) is 0 Å². The van der Waals surface area contributed by atoms with E-state index in [0.717, 1.165) is 18.7 Å². The zero-order valence-electron chi connectivity index (χ0n) is 13.5. The van der Waals surface area contributed by atoms with Crippen molar-refractivity contribution >= 4 is 0 Å². The molecule has 0 fully saturated rings. The molecule has 0 aliphatic rings. The van der Waals surface area contributed by atoms with Gasteiger partial charge in [-0.3, -0.25) is 0 Å². The van der Waals surface area contributed by atoms with Gasteiger partial charge >= 0.3 is 0 Å². The molecule has 0 aromatic heterocycles. The molecule has 1 aromatic carbocycles. The third-order valence-electron chi connectivity index (χ3n) is 3.32. The van der Waals surface area contributed by atoms with Crippen molar-refractivity contribution in [1.29, 1.82) is 0 Å². The Bertz CT molecular complexity index is 362. The van der Waals surface area contributed by atoms with Gasteiger partial charge in [-0.1, -0.05) is 32.9 Å². The molecule has 2 unspecified atom stereocenters. The zero-order valence-corrected chi connectivity index (χ0v) is 13.5. The summed E-state index contributed by atoms with van der Waals surface area (Å²) in [6.45, 7) is 10.4. The first kappa shape index (κ1) is 17.0. The second-order valence-electron chi connectivity index (χ2n) is 5.66. The van der Waals surface area contributed by atoms with Gasteiger partial charge in [-0.25, -0.2) is 0 Å². The van der Waals surface area contributed by atoms with E-state index in [1.54, 1.807) is 7.11 Å². The maximum atomic E-state index is 5.98. The Kier molecular flexibility index (Phi) is 7.63. The molecule has 0 spiro atoms. The molecule has 0 aliphatic carbocycles. The molecule has 0 saturated carbocycles. The minimum Gasteiger partial charge on any atom is -0.497 e. The monoisotopic (exact) mass is 279 g/mol. The molecule has 2 atom stereocenters. The predicted octanol–water partition coefficient (Wildman–Crippen LogP) is 3.80. The Morgan fingerprint density at radius 3 is 2.25 bits per heavy atom. The van der Waals surface area contributed by atoms with Crippen LogP contribution in [-0.4, -0.2) is 26.4 Å². The minimum atomic E-state index is 0.237. The maximum absolute atomic E-state index is 5.98. The molecule has 1 aromatic rings. The number of likely N-dealkylation sites (N-methyl/N-ethyl adjacent to an activating group) is 1. The van der Waals surface area contributed by atoms with Crippen LogP contribution in [0.2, 0.25) is 0 Å². The van der Waals surface area contributed by atoms with Gasteiger partial charge in [-0.2, -0.15) is 0 Å². The highest BCUT2D eigenvalue weighted by molar-refractivity contribution is 5.29. The van der Waals surface area contributed by atoms with Gasteiger partial charge in [0.1, 0.15) is 5.75 Å². The molecule has 1 rings (SSSR count). The smallest absolute Gasteiger partial charge is 0.118 e. The van der Waals surface area contributed by atoms with E-state index in [9.17, 15) is 0 Å². The predicted molar refractivity (Wildman–Crippen MR) is 84.3 cm³/mol. The summed E-state index contributed by atoms with van der Waals surface area (Å²) in [6, 6.07) is 8.43. The van der Waals surface area contributed by atoms with E-state index >= 15 is 0 Å². The topological polar surface area (TPSA) is 30.5 Å². The van der Waals surface area contributed by atoms with Crippen molar-refractivity contribution in [2.75, 3.05) is 20.3 Å². The molecule has 0 heterocycles. The maximum Gasteiger partial charge on any atom is 0.118 e. The Morgan fingerprint density at radius 1 is 1.10 bits per heavy atom. The highest BCUT2D eigenvalue weighted by Crippen LogP contribution is 2.19. The molecule has 0 aliphatic heterocycles. The number of methoxy groups -OCH3 is 1. The van der Waals surface area contributed by atoms with Crippen LogP contribution in [0.5, 0.6) is 5.75 Å². The number of hydrogen-bond donors (Lipinski definition) is 1. The summed E-state index contributed by atoms with van der Waals surface area (Å²) < 4.78 is 11.2. The average molecular weight is 279 g/mol. The van der Waals surface area contributed by atoms with E-state index in [1.165, 1.54) is 5.56 Å². The van der Waals surface area contributed by atoms with E-state index in [-0.39, 0.29) is 6.04 Å². The quantitative estimate of drug-likeness (QED) is 0.746. The van der Waals surface area contributed by atoms with Crippen LogP contribution in [0.15, 0.2) is 24.3 Å². The van der Waals surface area contributed by atoms with Crippen molar-refractivity contribution in [3.05, 3.63) is 29.8 Å². The summed E-state index contributed by atoms with van der Waals surface area (Å²) in [7, 11) is 1.69. The summed E-state index contributed by atoms with van der Waals surface area (Å²) in [4.78, 5) is 0. The van der Waals surface area contributed by atoms with E-state index in [0.29, 0.717) is 18.6 Å². The highest BCUT2D eigenvalue weighted by Gasteiger charge is 2.13. The summed E-state index contributed by atoms with van der Waals surface area (Å²) >= 11 is 0. The fraction of sp³-hybridized carbons (Fsp3) is 0.647. The van der Waals surface area contributed by atoms with Crippen LogP contribution in [-0.2, 0) is 4.74 Å². The minimum absolute atomic E-state index is 0.237. The first-order valence-electron chi connectivity index (χ1n) is 7.55. The van der Waals surface area contributed by atoms with Gasteiger partial charge in [-0.15, -0.1) is 0 Å². The van der Waals surface area contributed by atoms with Crippen molar-refractivity contribution in [2.24, 2.45) is 5.92 Å². The standard InChI is InChI=1S/C17H29NO2/c1-6-18-17(12-20-14(4)11-13(2)3)15-7-9-16(19-5)10-8-15/h7-10,13-14,17-18H,6,11-12H2,1-5H3. The molecule has 0 amide bonds. The van der Waals surface area contributed by atoms with E-state index in [2.05, 4.69) is 45.1 Å². The van der Waals surface area contributed by atoms with Crippen molar-refractivity contribution in [3.8, 4) is 5.75 Å². The van der Waals surface area contributed by atoms with Gasteiger partial charge in [0, 0.05) is 0 Å². The summed E-state index contributed by atoms with van der Waals surface area (Å²) in [5, 5.41) is 3.48. The molecule has 0 radical (unpaired) electrons. The molecular weight excluding hydrogens is 250 g/mol. The average Bonchev–Trinajstić information content (AvgIpc) is 2.43. The fourth-order valence-corrected chi connectivity index (χ4v) is 2.35. The first-order chi connectivity index (χ1) is 9.56. The van der Waals surface area contributed by atoms with Crippen LogP contribution in [0.4, 0.5) is 0 Å². The Labute approximate surface area is 123 Å². The van der Waals surface area contributed by atoms with Crippen LogP contribution in [0.3, 0.4) is 0 Å². The van der Waals surface area contributed by atoms with Gasteiger partial charge < -0.3 is 14.8 Å². The number of benzene rings is 1. The lowest BCUT2D eigenvalue weighted by Gasteiger charge is -2.22. The number of rotatable bonds is 9. The molecule has 0 saturated heterocycles. The Balaban J connectivity index is 2.58. The molecule has 20 heavy (non-hydrogen) atoms. The van der Waals surface area contributed by atoms with Crippen LogP contribution in [0, 0.1) is 5.92 Å². The Morgan fingerprint density at radius 2 is 1.75 bits per heavy atom. The molecular formula is C17H29NO2. The highest BCUT2D eigenvalue weighted by atomic mass is 16.5. The molecule has 114 valence electrons. The lowest BCUT2D eigenvalue weighted by atomic mass is 10.1. The second kappa shape index (κ2) is 8.98. The van der Waals surface area contributed by atoms with Crippen LogP contribution in [0.25, 0.3) is 0 Å². The van der Waals surface area contributed by atoms with Gasteiger partial charge in [0.15, 0.2) is 0 Å². The number of ether oxygens (including phenoxy) is 2. The van der Waals surface area contributed by atoms with Crippen LogP contribution >= 0.6 is 0 Å². The summed E-state index contributed by atoms with van der Waals surface area (Å²) in [6.07, 6.45) is 1.40. The van der Waals surface area contributed by atoms with Gasteiger partial charge in [0.05, 0.1) is 25.9 Å². The third-order valence-corrected chi connectivity index (χ3v) is 3.32. The molecule has 3 nitrogen and oxygen atoms in total. The number of hydrogen-bond acceptors (Lipinski definition) is 3. The summed E-state index contributed by atoms with van der Waals surface area (Å²) in [5.41, 5.74) is 1.24. The van der Waals surface area contributed by atoms with Gasteiger partial charge in [0.2, 0.25) is 0 Å². The van der Waals surface area contributed by atoms with Crippen molar-refractivity contribution in [1.82, 2.24) is 5.32 Å². The largest absolute Gasteiger partial charge is 0.497 e. The van der Waals surface area contributed by atoms with Gasteiger partial charge in [-0.05, 0) is 43.5 Å². The van der Waals surface area contributed by atoms with Crippen molar-refractivity contribution < 1.29 is 9.47 Å². The normalized spacial score (nSPS) is 14.3. The van der Waals surface area contributed by atoms with Crippen molar-refractivity contribution in [3.63, 3.8) is 0 Å².